The molecule has 0 spiro atoms. The molecule has 0 aromatic heterocycles. The molecule has 2 rings (SSSR count). The van der Waals surface area contributed by atoms with E-state index in [2.05, 4.69) is 24.1 Å². The number of carbonyl (C=O) groups excluding carboxylic acids is 1. The zero-order chi connectivity index (χ0) is 16.7. The molecular formula is C18H21FN2O2. The molecule has 0 unspecified atom stereocenters. The van der Waals surface area contributed by atoms with Gasteiger partial charge in [-0.2, -0.15) is 0 Å². The lowest BCUT2D eigenvalue weighted by Crippen LogP contribution is -2.22. The van der Waals surface area contributed by atoms with Crippen molar-refractivity contribution in [3.63, 3.8) is 0 Å². The predicted molar refractivity (Wildman–Crippen MR) is 90.5 cm³/mol. The van der Waals surface area contributed by atoms with Crippen LogP contribution in [0.2, 0.25) is 0 Å². The number of rotatable bonds is 7. The summed E-state index contributed by atoms with van der Waals surface area (Å²) in [6.45, 7) is 5.96. The van der Waals surface area contributed by atoms with Crippen molar-refractivity contribution in [1.29, 1.82) is 0 Å². The van der Waals surface area contributed by atoms with E-state index in [1.807, 2.05) is 24.3 Å². The second kappa shape index (κ2) is 8.17. The topological polar surface area (TPSA) is 41.6 Å². The SMILES string of the molecule is CCN(CC)c1ccc(NC(=O)COc2ccc(F)cc2)cc1. The first kappa shape index (κ1) is 16.8. The average molecular weight is 316 g/mol. The normalized spacial score (nSPS) is 10.2. The first-order valence-corrected chi connectivity index (χ1v) is 7.65. The van der Waals surface area contributed by atoms with Crippen molar-refractivity contribution in [3.8, 4) is 5.75 Å². The lowest BCUT2D eigenvalue weighted by molar-refractivity contribution is -0.118. The van der Waals surface area contributed by atoms with Gasteiger partial charge in [-0.1, -0.05) is 0 Å². The van der Waals surface area contributed by atoms with Crippen LogP contribution < -0.4 is 15.0 Å². The molecule has 0 radical (unpaired) electrons. The molecule has 0 fully saturated rings. The Morgan fingerprint density at radius 3 is 2.22 bits per heavy atom. The van der Waals surface area contributed by atoms with Gasteiger partial charge in [0, 0.05) is 24.5 Å². The van der Waals surface area contributed by atoms with Gasteiger partial charge < -0.3 is 15.0 Å². The van der Waals surface area contributed by atoms with Crippen molar-refractivity contribution in [3.05, 3.63) is 54.3 Å². The standard InChI is InChI=1S/C18H21FN2O2/c1-3-21(4-2)16-9-7-15(8-10-16)20-18(22)13-23-17-11-5-14(19)6-12-17/h5-12H,3-4,13H2,1-2H3,(H,20,22). The van der Waals surface area contributed by atoms with Gasteiger partial charge in [0.25, 0.3) is 5.91 Å². The van der Waals surface area contributed by atoms with Gasteiger partial charge in [0.15, 0.2) is 6.61 Å². The molecule has 0 aliphatic heterocycles. The fraction of sp³-hybridized carbons (Fsp3) is 0.278. The Balaban J connectivity index is 1.86. The summed E-state index contributed by atoms with van der Waals surface area (Å²) < 4.78 is 18.1. The Kier molecular flexibility index (Phi) is 5.97. The van der Waals surface area contributed by atoms with Crippen LogP contribution in [0, 0.1) is 5.82 Å². The number of nitrogens with one attached hydrogen (secondary N) is 1. The Hall–Kier alpha value is -2.56. The number of hydrogen-bond acceptors (Lipinski definition) is 3. The average Bonchev–Trinajstić information content (AvgIpc) is 2.57. The highest BCUT2D eigenvalue weighted by Gasteiger charge is 2.05. The van der Waals surface area contributed by atoms with Crippen LogP contribution in [-0.4, -0.2) is 25.6 Å². The maximum atomic E-state index is 12.8. The van der Waals surface area contributed by atoms with Crippen LogP contribution in [0.3, 0.4) is 0 Å². The summed E-state index contributed by atoms with van der Waals surface area (Å²) in [6, 6.07) is 13.2. The van der Waals surface area contributed by atoms with Gasteiger partial charge in [-0.05, 0) is 62.4 Å². The highest BCUT2D eigenvalue weighted by atomic mass is 19.1. The third kappa shape index (κ3) is 4.98. The second-order valence-electron chi connectivity index (χ2n) is 5.01. The minimum Gasteiger partial charge on any atom is -0.484 e. The van der Waals surface area contributed by atoms with Crippen LogP contribution in [0.4, 0.5) is 15.8 Å². The van der Waals surface area contributed by atoms with Gasteiger partial charge >= 0.3 is 0 Å². The van der Waals surface area contributed by atoms with Gasteiger partial charge in [-0.3, -0.25) is 4.79 Å². The maximum absolute atomic E-state index is 12.8. The maximum Gasteiger partial charge on any atom is 0.262 e. The molecule has 1 N–H and O–H groups in total. The molecule has 0 saturated carbocycles. The quantitative estimate of drug-likeness (QED) is 0.847. The fourth-order valence-electron chi connectivity index (χ4n) is 2.22. The predicted octanol–water partition coefficient (Wildman–Crippen LogP) is 3.69. The molecule has 0 saturated heterocycles. The fourth-order valence-corrected chi connectivity index (χ4v) is 2.22. The molecule has 2 aromatic carbocycles. The van der Waals surface area contributed by atoms with Crippen LogP contribution in [0.25, 0.3) is 0 Å². The van der Waals surface area contributed by atoms with Crippen LogP contribution in [0.15, 0.2) is 48.5 Å². The summed E-state index contributed by atoms with van der Waals surface area (Å²) in [7, 11) is 0. The first-order valence-electron chi connectivity index (χ1n) is 7.65. The minimum atomic E-state index is -0.338. The smallest absolute Gasteiger partial charge is 0.262 e. The second-order valence-corrected chi connectivity index (χ2v) is 5.01. The van der Waals surface area contributed by atoms with Crippen molar-refractivity contribution in [2.45, 2.75) is 13.8 Å². The van der Waals surface area contributed by atoms with Crippen LogP contribution in [-0.2, 0) is 4.79 Å². The lowest BCUT2D eigenvalue weighted by Gasteiger charge is -2.21. The molecule has 0 heterocycles. The van der Waals surface area contributed by atoms with Crippen molar-refractivity contribution >= 4 is 17.3 Å². The molecule has 122 valence electrons. The summed E-state index contributed by atoms with van der Waals surface area (Å²) in [5.74, 6) is -0.140. The van der Waals surface area contributed by atoms with E-state index in [4.69, 9.17) is 4.74 Å². The van der Waals surface area contributed by atoms with Crippen molar-refractivity contribution in [2.24, 2.45) is 0 Å². The number of hydrogen-bond donors (Lipinski definition) is 1. The Morgan fingerprint density at radius 1 is 1.04 bits per heavy atom. The zero-order valence-electron chi connectivity index (χ0n) is 13.4. The molecule has 2 aromatic rings. The molecule has 1 amide bonds. The van der Waals surface area contributed by atoms with Gasteiger partial charge in [-0.25, -0.2) is 4.39 Å². The van der Waals surface area contributed by atoms with E-state index >= 15 is 0 Å². The molecular weight excluding hydrogens is 295 g/mol. The Morgan fingerprint density at radius 2 is 1.65 bits per heavy atom. The molecule has 4 nitrogen and oxygen atoms in total. The van der Waals surface area contributed by atoms with E-state index in [0.717, 1.165) is 18.8 Å². The number of halogens is 1. The number of benzene rings is 2. The summed E-state index contributed by atoms with van der Waals surface area (Å²) in [6.07, 6.45) is 0. The molecule has 0 atom stereocenters. The van der Waals surface area contributed by atoms with Crippen LogP contribution >= 0.6 is 0 Å². The molecule has 0 aliphatic carbocycles. The molecule has 0 aliphatic rings. The van der Waals surface area contributed by atoms with Crippen LogP contribution in [0.1, 0.15) is 13.8 Å². The molecule has 0 bridgehead atoms. The van der Waals surface area contributed by atoms with Gasteiger partial charge in [-0.15, -0.1) is 0 Å². The number of ether oxygens (including phenoxy) is 1. The van der Waals surface area contributed by atoms with Gasteiger partial charge in [0.05, 0.1) is 0 Å². The van der Waals surface area contributed by atoms with E-state index in [-0.39, 0.29) is 18.3 Å². The number of nitrogens with zero attached hydrogens (tertiary/aromatic N) is 1. The van der Waals surface area contributed by atoms with E-state index in [9.17, 15) is 9.18 Å². The van der Waals surface area contributed by atoms with Crippen molar-refractivity contribution in [2.75, 3.05) is 29.9 Å². The molecule has 23 heavy (non-hydrogen) atoms. The Labute approximate surface area is 135 Å². The number of anilines is 2. The summed E-state index contributed by atoms with van der Waals surface area (Å²) >= 11 is 0. The summed E-state index contributed by atoms with van der Waals surface area (Å²) in [4.78, 5) is 14.1. The van der Waals surface area contributed by atoms with Crippen molar-refractivity contribution < 1.29 is 13.9 Å². The molecule has 5 heteroatoms. The zero-order valence-corrected chi connectivity index (χ0v) is 13.4. The van der Waals surface area contributed by atoms with Gasteiger partial charge in [0.1, 0.15) is 11.6 Å². The monoisotopic (exact) mass is 316 g/mol. The summed E-state index contributed by atoms with van der Waals surface area (Å²) in [5, 5.41) is 2.77. The number of amides is 1. The third-order valence-corrected chi connectivity index (χ3v) is 3.46. The highest BCUT2D eigenvalue weighted by Crippen LogP contribution is 2.18. The van der Waals surface area contributed by atoms with Gasteiger partial charge in [0.2, 0.25) is 0 Å². The van der Waals surface area contributed by atoms with Crippen molar-refractivity contribution in [1.82, 2.24) is 0 Å². The highest BCUT2D eigenvalue weighted by molar-refractivity contribution is 5.92. The Bertz CT molecular complexity index is 622. The lowest BCUT2D eigenvalue weighted by atomic mass is 10.2. The van der Waals surface area contributed by atoms with E-state index in [0.29, 0.717) is 11.4 Å². The largest absolute Gasteiger partial charge is 0.484 e. The van der Waals surface area contributed by atoms with E-state index < -0.39 is 0 Å². The van der Waals surface area contributed by atoms with E-state index in [1.54, 1.807) is 0 Å². The number of carbonyl (C=O) groups is 1. The minimum absolute atomic E-state index is 0.122. The first-order chi connectivity index (χ1) is 11.1. The van der Waals surface area contributed by atoms with Crippen LogP contribution in [0.5, 0.6) is 5.75 Å². The van der Waals surface area contributed by atoms with E-state index in [1.165, 1.54) is 24.3 Å². The summed E-state index contributed by atoms with van der Waals surface area (Å²) in [5.41, 5.74) is 1.84. The third-order valence-electron chi connectivity index (χ3n) is 3.46.